The summed E-state index contributed by atoms with van der Waals surface area (Å²) in [7, 11) is 0. The zero-order chi connectivity index (χ0) is 17.7. The second kappa shape index (κ2) is 12.3. The number of nitrogens with two attached hydrogens (primary N) is 1. The molecule has 0 aromatic rings. The van der Waals surface area contributed by atoms with Gasteiger partial charge in [-0.25, -0.2) is 4.99 Å². The number of hydrogen-bond acceptors (Lipinski definition) is 3. The summed E-state index contributed by atoms with van der Waals surface area (Å²) in [6.07, 6.45) is 7.68. The first-order valence-electron chi connectivity index (χ1n) is 7.74. The lowest BCUT2D eigenvalue weighted by molar-refractivity contribution is -0.117. The quantitative estimate of drug-likeness (QED) is 0.159. The van der Waals surface area contributed by atoms with E-state index in [2.05, 4.69) is 42.9 Å². The molecule has 0 fully saturated rings. The van der Waals surface area contributed by atoms with Crippen LogP contribution >= 0.6 is 0 Å². The van der Waals surface area contributed by atoms with Crippen LogP contribution in [0.1, 0.15) is 33.1 Å². The average Bonchev–Trinajstić information content (AvgIpc) is 2.52. The highest BCUT2D eigenvalue weighted by Gasteiger charge is 2.15. The number of aldehydes is 1. The summed E-state index contributed by atoms with van der Waals surface area (Å²) in [5, 5.41) is 0. The van der Waals surface area contributed by atoms with Crippen molar-refractivity contribution in [2.24, 2.45) is 33.5 Å². The number of guanidine groups is 1. The van der Waals surface area contributed by atoms with Crippen LogP contribution < -0.4 is 5.73 Å². The Morgan fingerprint density at radius 1 is 1.39 bits per heavy atom. The molecule has 0 saturated carbocycles. The molecule has 0 spiro atoms. The third-order valence-electron chi connectivity index (χ3n) is 3.22. The predicted octanol–water partition coefficient (Wildman–Crippen LogP) is 2.73. The van der Waals surface area contributed by atoms with E-state index in [1.54, 1.807) is 12.2 Å². The van der Waals surface area contributed by atoms with Gasteiger partial charge in [0.2, 0.25) is 5.96 Å². The van der Waals surface area contributed by atoms with Crippen LogP contribution in [-0.2, 0) is 9.59 Å². The number of carbonyl (C=O) groups excluding carboxylic acids is 2. The molecule has 0 saturated heterocycles. The van der Waals surface area contributed by atoms with Crippen molar-refractivity contribution in [2.45, 2.75) is 33.1 Å². The lowest BCUT2D eigenvalue weighted by atomic mass is 9.92. The molecule has 0 aromatic heterocycles. The van der Waals surface area contributed by atoms with Crippen LogP contribution in [0.2, 0.25) is 0 Å². The normalized spacial score (nSPS) is 14.3. The van der Waals surface area contributed by atoms with Gasteiger partial charge in [0.25, 0.3) is 0 Å². The second-order valence-corrected chi connectivity index (χ2v) is 5.71. The molecule has 126 valence electrons. The molecule has 0 aliphatic carbocycles. The monoisotopic (exact) mass is 317 g/mol. The van der Waals surface area contributed by atoms with Gasteiger partial charge >= 0.3 is 0 Å². The van der Waals surface area contributed by atoms with Crippen LogP contribution in [0.4, 0.5) is 0 Å². The Morgan fingerprint density at radius 3 is 2.61 bits per heavy atom. The molecule has 0 aromatic carbocycles. The van der Waals surface area contributed by atoms with Crippen molar-refractivity contribution in [1.82, 2.24) is 0 Å². The highest BCUT2D eigenvalue weighted by molar-refractivity contribution is 5.93. The molecule has 5 nitrogen and oxygen atoms in total. The van der Waals surface area contributed by atoms with Crippen LogP contribution in [0.15, 0.2) is 40.5 Å². The molecule has 2 N–H and O–H groups in total. The van der Waals surface area contributed by atoms with Gasteiger partial charge < -0.3 is 10.5 Å². The molecule has 2 atom stereocenters. The Balaban J connectivity index is 4.55. The summed E-state index contributed by atoms with van der Waals surface area (Å²) in [6.45, 7) is 11.4. The van der Waals surface area contributed by atoms with Gasteiger partial charge in [0, 0.05) is 18.4 Å². The Labute approximate surface area is 138 Å². The van der Waals surface area contributed by atoms with Crippen molar-refractivity contribution >= 4 is 24.7 Å². The van der Waals surface area contributed by atoms with Gasteiger partial charge in [0.15, 0.2) is 5.78 Å². The Hall–Kier alpha value is -2.26. The predicted molar refractivity (Wildman–Crippen MR) is 95.6 cm³/mol. The van der Waals surface area contributed by atoms with Crippen molar-refractivity contribution in [3.05, 3.63) is 30.5 Å². The molecule has 23 heavy (non-hydrogen) atoms. The zero-order valence-corrected chi connectivity index (χ0v) is 14.1. The first-order valence-corrected chi connectivity index (χ1v) is 7.74. The lowest BCUT2D eigenvalue weighted by Crippen LogP contribution is -2.13. The van der Waals surface area contributed by atoms with E-state index in [-0.39, 0.29) is 23.6 Å². The van der Waals surface area contributed by atoms with E-state index in [4.69, 9.17) is 5.73 Å². The summed E-state index contributed by atoms with van der Waals surface area (Å²) < 4.78 is 0. The summed E-state index contributed by atoms with van der Waals surface area (Å²) in [6, 6.07) is 0. The first-order chi connectivity index (χ1) is 10.9. The Bertz CT molecular complexity index is 500. The maximum absolute atomic E-state index is 12.2. The van der Waals surface area contributed by atoms with E-state index in [9.17, 15) is 9.59 Å². The number of nitrogens with zero attached hydrogens (tertiary/aromatic N) is 2. The van der Waals surface area contributed by atoms with Crippen molar-refractivity contribution < 1.29 is 9.59 Å². The minimum atomic E-state index is -0.306. The van der Waals surface area contributed by atoms with Gasteiger partial charge in [-0.05, 0) is 44.0 Å². The third kappa shape index (κ3) is 10.1. The third-order valence-corrected chi connectivity index (χ3v) is 3.22. The summed E-state index contributed by atoms with van der Waals surface area (Å²) in [5.41, 5.74) is 8.07. The molecular formula is C18H27N3O2. The number of rotatable bonds is 11. The van der Waals surface area contributed by atoms with Crippen molar-refractivity contribution in [3.8, 4) is 0 Å². The largest absolute Gasteiger partial charge is 0.368 e. The number of allylic oxidation sites excluding steroid dienone is 3. The van der Waals surface area contributed by atoms with Crippen molar-refractivity contribution in [3.63, 3.8) is 0 Å². The molecule has 0 unspecified atom stereocenters. The molecule has 0 aliphatic rings. The fraction of sp³-hybridized carbons (Fsp3) is 0.500. The fourth-order valence-electron chi connectivity index (χ4n) is 2.04. The molecular weight excluding hydrogens is 290 g/mol. The van der Waals surface area contributed by atoms with E-state index in [1.165, 1.54) is 6.08 Å². The minimum absolute atomic E-state index is 0.0279. The second-order valence-electron chi connectivity index (χ2n) is 5.71. The number of aliphatic imine (C=N–C) groups is 2. The molecule has 0 aliphatic heterocycles. The number of ketones is 1. The van der Waals surface area contributed by atoms with E-state index in [0.717, 1.165) is 12.7 Å². The molecule has 5 heteroatoms. The maximum Gasteiger partial charge on any atom is 0.214 e. The molecule has 0 rings (SSSR count). The summed E-state index contributed by atoms with van der Waals surface area (Å²) in [5.74, 6) is -0.0323. The van der Waals surface area contributed by atoms with Crippen LogP contribution in [0, 0.1) is 17.8 Å². The van der Waals surface area contributed by atoms with Gasteiger partial charge in [-0.1, -0.05) is 26.5 Å². The highest BCUT2D eigenvalue weighted by Crippen LogP contribution is 2.15. The van der Waals surface area contributed by atoms with Crippen LogP contribution in [0.3, 0.4) is 0 Å². The SMILES string of the molecule is C=C=C[C@@H](CC(C)C)C(=O)/C=C/[C@H](C=O)CCCN=C(N)N=C. The number of hydrogen-bond donors (Lipinski definition) is 1. The summed E-state index contributed by atoms with van der Waals surface area (Å²) >= 11 is 0. The zero-order valence-electron chi connectivity index (χ0n) is 14.1. The first kappa shape index (κ1) is 20.7. The fourth-order valence-corrected chi connectivity index (χ4v) is 2.04. The number of carbonyl (C=O) groups is 2. The van der Waals surface area contributed by atoms with Crippen molar-refractivity contribution in [1.29, 1.82) is 0 Å². The standard InChI is InChI=1S/C18H27N3O2/c1-5-7-16(12-14(2)3)17(23)10-9-15(13-22)8-6-11-21-18(19)20-4/h7,9-10,13-16H,1,4,6,8,11-12H2,2-3H3,(H2,19,21)/b10-9+/t15-,16+/m1/s1. The van der Waals surface area contributed by atoms with Crippen molar-refractivity contribution in [2.75, 3.05) is 6.54 Å². The van der Waals surface area contributed by atoms with E-state index in [0.29, 0.717) is 25.3 Å². The van der Waals surface area contributed by atoms with E-state index >= 15 is 0 Å². The smallest absolute Gasteiger partial charge is 0.214 e. The minimum Gasteiger partial charge on any atom is -0.368 e. The van der Waals surface area contributed by atoms with Gasteiger partial charge in [-0.15, -0.1) is 5.73 Å². The van der Waals surface area contributed by atoms with E-state index in [1.807, 2.05) is 0 Å². The Kier molecular flexibility index (Phi) is 11.1. The molecule has 0 bridgehead atoms. The van der Waals surface area contributed by atoms with Crippen LogP contribution in [-0.4, -0.2) is 31.3 Å². The molecule has 0 radical (unpaired) electrons. The summed E-state index contributed by atoms with van der Waals surface area (Å²) in [4.78, 5) is 30.7. The molecule has 0 heterocycles. The van der Waals surface area contributed by atoms with Gasteiger partial charge in [0.05, 0.1) is 0 Å². The van der Waals surface area contributed by atoms with Gasteiger partial charge in [-0.2, -0.15) is 0 Å². The molecule has 0 amide bonds. The maximum atomic E-state index is 12.2. The average molecular weight is 317 g/mol. The van der Waals surface area contributed by atoms with Crippen LogP contribution in [0.5, 0.6) is 0 Å². The highest BCUT2D eigenvalue weighted by atomic mass is 16.1. The topological polar surface area (TPSA) is 84.9 Å². The van der Waals surface area contributed by atoms with Crippen LogP contribution in [0.25, 0.3) is 0 Å². The Morgan fingerprint density at radius 2 is 2.09 bits per heavy atom. The lowest BCUT2D eigenvalue weighted by Gasteiger charge is -2.11. The van der Waals surface area contributed by atoms with Gasteiger partial charge in [0.1, 0.15) is 6.29 Å². The van der Waals surface area contributed by atoms with Gasteiger partial charge in [-0.3, -0.25) is 9.79 Å². The van der Waals surface area contributed by atoms with E-state index < -0.39 is 0 Å².